The third kappa shape index (κ3) is 5.62. The van der Waals surface area contributed by atoms with Crippen LogP contribution in [0.4, 0.5) is 33.6 Å². The standard InChI is InChI=1S/C30H28F5N7O3/c1-2-45-20-13-16(28(44)39-22-14-18(8-10-37-22)30(33,34)35)3-5-19(20)24-25-26(36)38-11-12-41(25)27(40-24)17-4-6-21-29(31,32)9-7-23(43)42(21)15-17/h3,5,8,10-14,17,21H,2,4,6-7,9,15H2,1H3,(H2,36,38)(H,37,39,44)/t17-,21+/m0/s1. The fourth-order valence-corrected chi connectivity index (χ4v) is 6.04. The number of hydrogen-bond acceptors (Lipinski definition) is 7. The Hall–Kier alpha value is -4.82. The molecule has 4 aromatic rings. The van der Waals surface area contributed by atoms with E-state index in [2.05, 4.69) is 15.3 Å². The zero-order chi connectivity index (χ0) is 32.1. The van der Waals surface area contributed by atoms with Crippen molar-refractivity contribution in [1.29, 1.82) is 0 Å². The summed E-state index contributed by atoms with van der Waals surface area (Å²) in [7, 11) is 0. The van der Waals surface area contributed by atoms with Crippen LogP contribution < -0.4 is 15.8 Å². The molecule has 2 fully saturated rings. The molecule has 2 saturated heterocycles. The van der Waals surface area contributed by atoms with Crippen LogP contribution in [0.15, 0.2) is 48.9 Å². The minimum absolute atomic E-state index is 0.0703. The molecule has 0 bridgehead atoms. The Morgan fingerprint density at radius 2 is 1.96 bits per heavy atom. The van der Waals surface area contributed by atoms with Crippen LogP contribution in [-0.4, -0.2) is 61.2 Å². The molecule has 2 aliphatic heterocycles. The number of nitrogens with one attached hydrogen (secondary N) is 1. The summed E-state index contributed by atoms with van der Waals surface area (Å²) in [5.41, 5.74) is 6.67. The van der Waals surface area contributed by atoms with Crippen LogP contribution >= 0.6 is 0 Å². The van der Waals surface area contributed by atoms with Gasteiger partial charge in [0.2, 0.25) is 5.91 Å². The number of rotatable bonds is 6. The Morgan fingerprint density at radius 3 is 2.71 bits per heavy atom. The minimum Gasteiger partial charge on any atom is -0.493 e. The first-order valence-corrected chi connectivity index (χ1v) is 14.3. The van der Waals surface area contributed by atoms with Gasteiger partial charge in [0.1, 0.15) is 34.4 Å². The van der Waals surface area contributed by atoms with Gasteiger partial charge in [-0.2, -0.15) is 13.2 Å². The molecule has 3 N–H and O–H groups in total. The highest BCUT2D eigenvalue weighted by atomic mass is 19.4. The number of imidazole rings is 1. The molecule has 2 aliphatic rings. The lowest BCUT2D eigenvalue weighted by Gasteiger charge is -2.45. The summed E-state index contributed by atoms with van der Waals surface area (Å²) in [5, 5.41) is 2.38. The second-order valence-corrected chi connectivity index (χ2v) is 11.0. The molecule has 0 spiro atoms. The van der Waals surface area contributed by atoms with Gasteiger partial charge in [-0.1, -0.05) is 0 Å². The van der Waals surface area contributed by atoms with Crippen molar-refractivity contribution in [2.24, 2.45) is 0 Å². The Labute approximate surface area is 253 Å². The third-order valence-electron chi connectivity index (χ3n) is 8.17. The van der Waals surface area contributed by atoms with Gasteiger partial charge in [-0.15, -0.1) is 0 Å². The number of halogens is 5. The number of nitrogen functional groups attached to an aromatic ring is 1. The number of fused-ring (bicyclic) bond motifs is 2. The first-order chi connectivity index (χ1) is 21.4. The number of ether oxygens (including phenoxy) is 1. The molecule has 0 saturated carbocycles. The molecule has 5 heterocycles. The second-order valence-electron chi connectivity index (χ2n) is 11.0. The van der Waals surface area contributed by atoms with E-state index in [9.17, 15) is 31.5 Å². The van der Waals surface area contributed by atoms with E-state index in [1.54, 1.807) is 23.6 Å². The van der Waals surface area contributed by atoms with E-state index in [1.807, 2.05) is 0 Å². The van der Waals surface area contributed by atoms with Crippen LogP contribution in [0.3, 0.4) is 0 Å². The third-order valence-corrected chi connectivity index (χ3v) is 8.17. The molecular formula is C30H28F5N7O3. The van der Waals surface area contributed by atoms with Gasteiger partial charge in [-0.05, 0) is 50.1 Å². The average molecular weight is 630 g/mol. The van der Waals surface area contributed by atoms with E-state index < -0.39 is 36.0 Å². The number of piperidine rings is 2. The molecule has 2 atom stereocenters. The lowest BCUT2D eigenvalue weighted by Crippen LogP contribution is -2.58. The van der Waals surface area contributed by atoms with E-state index in [0.29, 0.717) is 29.0 Å². The number of pyridine rings is 1. The Kier molecular flexibility index (Phi) is 7.57. The fraction of sp³-hybridized carbons (Fsp3) is 0.367. The van der Waals surface area contributed by atoms with Gasteiger partial charge in [0.15, 0.2) is 0 Å². The van der Waals surface area contributed by atoms with Crippen molar-refractivity contribution in [3.05, 3.63) is 65.9 Å². The van der Waals surface area contributed by atoms with E-state index in [1.165, 1.54) is 23.2 Å². The van der Waals surface area contributed by atoms with Gasteiger partial charge in [0.05, 0.1) is 18.2 Å². The molecule has 15 heteroatoms. The molecule has 45 heavy (non-hydrogen) atoms. The number of carbonyl (C=O) groups excluding carboxylic acids is 2. The monoisotopic (exact) mass is 629 g/mol. The van der Waals surface area contributed by atoms with Crippen molar-refractivity contribution in [2.45, 2.75) is 56.7 Å². The Morgan fingerprint density at radius 1 is 1.16 bits per heavy atom. The minimum atomic E-state index is -4.61. The van der Waals surface area contributed by atoms with Crippen molar-refractivity contribution in [3.8, 4) is 17.0 Å². The summed E-state index contributed by atoms with van der Waals surface area (Å²) in [6.45, 7) is 2.01. The number of anilines is 2. The molecule has 2 amide bonds. The zero-order valence-electron chi connectivity index (χ0n) is 23.9. The number of alkyl halides is 5. The number of aromatic nitrogens is 4. The van der Waals surface area contributed by atoms with Crippen molar-refractivity contribution >= 4 is 29.0 Å². The van der Waals surface area contributed by atoms with Crippen molar-refractivity contribution in [3.63, 3.8) is 0 Å². The van der Waals surface area contributed by atoms with E-state index in [0.717, 1.165) is 18.3 Å². The summed E-state index contributed by atoms with van der Waals surface area (Å²) < 4.78 is 76.2. The number of nitrogens with two attached hydrogens (primary N) is 1. The molecule has 0 aliphatic carbocycles. The van der Waals surface area contributed by atoms with Crippen molar-refractivity contribution in [2.75, 3.05) is 24.2 Å². The van der Waals surface area contributed by atoms with Crippen molar-refractivity contribution < 1.29 is 36.3 Å². The zero-order valence-corrected chi connectivity index (χ0v) is 23.9. The number of hydrogen-bond donors (Lipinski definition) is 2. The summed E-state index contributed by atoms with van der Waals surface area (Å²) in [6, 6.07) is 4.84. The van der Waals surface area contributed by atoms with Crippen LogP contribution in [0.2, 0.25) is 0 Å². The smallest absolute Gasteiger partial charge is 0.416 e. The molecule has 236 valence electrons. The predicted octanol–water partition coefficient (Wildman–Crippen LogP) is 5.55. The van der Waals surface area contributed by atoms with E-state index >= 15 is 0 Å². The maximum Gasteiger partial charge on any atom is 0.416 e. The van der Waals surface area contributed by atoms with Crippen LogP contribution in [-0.2, 0) is 11.0 Å². The normalized spacial score (nSPS) is 19.8. The molecule has 3 aromatic heterocycles. The van der Waals surface area contributed by atoms with Gasteiger partial charge in [0.25, 0.3) is 11.8 Å². The Bertz CT molecular complexity index is 1790. The summed E-state index contributed by atoms with van der Waals surface area (Å²) >= 11 is 0. The highest BCUT2D eigenvalue weighted by Gasteiger charge is 2.51. The van der Waals surface area contributed by atoms with E-state index in [-0.39, 0.29) is 60.8 Å². The SMILES string of the molecule is CCOc1cc(C(=O)Nc2cc(C(F)(F)F)ccn2)ccc1-c1nc([C@H]2CC[C@H]3N(C2)C(=O)CCC3(F)F)n2ccnc(N)c12. The lowest BCUT2D eigenvalue weighted by molar-refractivity contribution is -0.166. The first kappa shape index (κ1) is 30.2. The largest absolute Gasteiger partial charge is 0.493 e. The maximum atomic E-state index is 14.6. The number of carbonyl (C=O) groups is 2. The van der Waals surface area contributed by atoms with Gasteiger partial charge in [-0.25, -0.2) is 23.7 Å². The number of benzene rings is 1. The van der Waals surface area contributed by atoms with Crippen LogP contribution in [0.1, 0.15) is 60.3 Å². The first-order valence-electron chi connectivity index (χ1n) is 14.3. The van der Waals surface area contributed by atoms with Crippen LogP contribution in [0.25, 0.3) is 16.8 Å². The molecule has 0 unspecified atom stereocenters. The molecule has 6 rings (SSSR count). The number of nitrogens with zero attached hydrogens (tertiary/aromatic N) is 5. The topological polar surface area (TPSA) is 128 Å². The quantitative estimate of drug-likeness (QED) is 0.268. The van der Waals surface area contributed by atoms with E-state index in [4.69, 9.17) is 15.5 Å². The van der Waals surface area contributed by atoms with Gasteiger partial charge >= 0.3 is 6.18 Å². The van der Waals surface area contributed by atoms with Crippen LogP contribution in [0, 0.1) is 0 Å². The molecular weight excluding hydrogens is 601 g/mol. The maximum absolute atomic E-state index is 14.6. The molecule has 0 radical (unpaired) electrons. The van der Waals surface area contributed by atoms with Gasteiger partial charge in [-0.3, -0.25) is 14.0 Å². The highest BCUT2D eigenvalue weighted by Crippen LogP contribution is 2.44. The molecule has 10 nitrogen and oxygen atoms in total. The summed E-state index contributed by atoms with van der Waals surface area (Å²) in [5.74, 6) is -3.75. The highest BCUT2D eigenvalue weighted by molar-refractivity contribution is 6.04. The predicted molar refractivity (Wildman–Crippen MR) is 153 cm³/mol. The van der Waals surface area contributed by atoms with Gasteiger partial charge in [0, 0.05) is 55.0 Å². The second kappa shape index (κ2) is 11.3. The average Bonchev–Trinajstić information content (AvgIpc) is 3.40. The number of amides is 2. The molecule has 1 aromatic carbocycles. The lowest BCUT2D eigenvalue weighted by atomic mass is 9.84. The Balaban J connectivity index is 1.35. The fourth-order valence-electron chi connectivity index (χ4n) is 6.04. The van der Waals surface area contributed by atoms with Gasteiger partial charge < -0.3 is 20.7 Å². The van der Waals surface area contributed by atoms with Crippen LogP contribution in [0.5, 0.6) is 5.75 Å². The summed E-state index contributed by atoms with van der Waals surface area (Å²) in [6.07, 6.45) is -0.713. The van der Waals surface area contributed by atoms with Crippen molar-refractivity contribution in [1.82, 2.24) is 24.3 Å². The summed E-state index contributed by atoms with van der Waals surface area (Å²) in [4.78, 5) is 39.8.